The lowest BCUT2D eigenvalue weighted by molar-refractivity contribution is 0.104. The number of benzene rings is 1. The lowest BCUT2D eigenvalue weighted by Crippen LogP contribution is -2.51. The molecule has 1 aliphatic carbocycles. The highest BCUT2D eigenvalue weighted by molar-refractivity contribution is 5.82. The Morgan fingerprint density at radius 1 is 1.00 bits per heavy atom. The minimum Gasteiger partial charge on any atom is -0.304 e. The van der Waals surface area contributed by atoms with Crippen LogP contribution in [-0.4, -0.2) is 54.1 Å². The van der Waals surface area contributed by atoms with Crippen LogP contribution in [0.15, 0.2) is 36.5 Å². The van der Waals surface area contributed by atoms with E-state index in [0.717, 1.165) is 0 Å². The van der Waals surface area contributed by atoms with E-state index in [1.54, 1.807) is 5.92 Å². The van der Waals surface area contributed by atoms with Crippen molar-refractivity contribution in [3.63, 3.8) is 0 Å². The molecule has 0 amide bonds. The number of hydrogen-bond donors (Lipinski definition) is 0. The molecular weight excluding hydrogens is 282 g/mol. The van der Waals surface area contributed by atoms with Gasteiger partial charge in [0.05, 0.1) is 0 Å². The van der Waals surface area contributed by atoms with E-state index in [9.17, 15) is 0 Å². The molecule has 3 heteroatoms. The molecule has 2 aliphatic rings. The molecule has 1 unspecified atom stereocenters. The van der Waals surface area contributed by atoms with Gasteiger partial charge in [0.2, 0.25) is 0 Å². The summed E-state index contributed by atoms with van der Waals surface area (Å²) in [5.41, 5.74) is 1.23. The summed E-state index contributed by atoms with van der Waals surface area (Å²) < 4.78 is 0. The fourth-order valence-electron chi connectivity index (χ4n) is 4.09. The predicted octanol–water partition coefficient (Wildman–Crippen LogP) is 3.35. The molecule has 23 heavy (non-hydrogen) atoms. The maximum absolute atomic E-state index is 4.82. The van der Waals surface area contributed by atoms with E-state index >= 15 is 0 Å². The monoisotopic (exact) mass is 308 g/mol. The van der Waals surface area contributed by atoms with E-state index in [1.165, 1.54) is 68.3 Å². The molecule has 1 aromatic heterocycles. The van der Waals surface area contributed by atoms with Crippen LogP contribution >= 0.6 is 0 Å². The minimum atomic E-state index is 0.603. The van der Waals surface area contributed by atoms with Gasteiger partial charge in [-0.2, -0.15) is 0 Å². The van der Waals surface area contributed by atoms with Gasteiger partial charge in [-0.25, -0.2) is 0 Å². The standard InChI is InChI=1S/C20H26N3/c1-22-10-12-23(13-11-22)20-9-5-4-8-18(20)19-14-16-6-2-3-7-17(16)15-21-19/h2-3,6-7,14-15,20H,4-5,8-13H2,1H3. The number of piperazine rings is 1. The van der Waals surface area contributed by atoms with Crippen molar-refractivity contribution in [2.45, 2.75) is 31.7 Å². The van der Waals surface area contributed by atoms with Crippen LogP contribution < -0.4 is 0 Å². The number of rotatable bonds is 2. The highest BCUT2D eigenvalue weighted by Gasteiger charge is 2.33. The first-order valence-corrected chi connectivity index (χ1v) is 8.95. The van der Waals surface area contributed by atoms with Crippen molar-refractivity contribution in [2.24, 2.45) is 0 Å². The molecule has 1 aromatic carbocycles. The molecule has 2 fully saturated rings. The lowest BCUT2D eigenvalue weighted by Gasteiger charge is -2.43. The molecule has 2 heterocycles. The predicted molar refractivity (Wildman–Crippen MR) is 95.4 cm³/mol. The number of nitrogens with zero attached hydrogens (tertiary/aromatic N) is 3. The average Bonchev–Trinajstić information content (AvgIpc) is 2.62. The van der Waals surface area contributed by atoms with E-state index in [0.29, 0.717) is 6.04 Å². The van der Waals surface area contributed by atoms with Crippen LogP contribution in [0.5, 0.6) is 0 Å². The molecule has 0 spiro atoms. The third-order valence-corrected chi connectivity index (χ3v) is 5.51. The van der Waals surface area contributed by atoms with Crippen molar-refractivity contribution in [1.29, 1.82) is 0 Å². The maximum atomic E-state index is 4.82. The van der Waals surface area contributed by atoms with E-state index < -0.39 is 0 Å². The molecule has 3 nitrogen and oxygen atoms in total. The van der Waals surface area contributed by atoms with Crippen molar-refractivity contribution in [3.8, 4) is 0 Å². The minimum absolute atomic E-state index is 0.603. The number of fused-ring (bicyclic) bond motifs is 1. The van der Waals surface area contributed by atoms with Crippen molar-refractivity contribution in [3.05, 3.63) is 48.1 Å². The van der Waals surface area contributed by atoms with Crippen LogP contribution in [0.1, 0.15) is 31.4 Å². The molecule has 0 N–H and O–H groups in total. The Labute approximate surface area is 139 Å². The van der Waals surface area contributed by atoms with Crippen molar-refractivity contribution in [1.82, 2.24) is 14.8 Å². The first-order chi connectivity index (χ1) is 11.3. The summed E-state index contributed by atoms with van der Waals surface area (Å²) in [6, 6.07) is 11.5. The highest BCUT2D eigenvalue weighted by Crippen LogP contribution is 2.35. The van der Waals surface area contributed by atoms with Gasteiger partial charge in [0.25, 0.3) is 0 Å². The summed E-state index contributed by atoms with van der Waals surface area (Å²) in [7, 11) is 2.23. The van der Waals surface area contributed by atoms with Gasteiger partial charge < -0.3 is 4.90 Å². The third kappa shape index (κ3) is 3.13. The van der Waals surface area contributed by atoms with Crippen LogP contribution in [0, 0.1) is 5.92 Å². The van der Waals surface area contributed by atoms with E-state index in [1.807, 2.05) is 6.20 Å². The molecular formula is C20H26N3. The van der Waals surface area contributed by atoms with E-state index in [4.69, 9.17) is 4.98 Å². The van der Waals surface area contributed by atoms with Gasteiger partial charge in [-0.3, -0.25) is 9.88 Å². The Balaban J connectivity index is 1.61. The summed E-state index contributed by atoms with van der Waals surface area (Å²) in [4.78, 5) is 9.95. The number of hydrogen-bond acceptors (Lipinski definition) is 3. The Kier molecular flexibility index (Phi) is 4.32. The summed E-state index contributed by atoms with van der Waals surface area (Å²) in [6.07, 6.45) is 7.23. The second-order valence-corrected chi connectivity index (χ2v) is 7.04. The fraction of sp³-hybridized carbons (Fsp3) is 0.500. The van der Waals surface area contributed by atoms with E-state index in [-0.39, 0.29) is 0 Å². The van der Waals surface area contributed by atoms with Gasteiger partial charge in [0, 0.05) is 55.4 Å². The molecule has 0 bridgehead atoms. The third-order valence-electron chi connectivity index (χ3n) is 5.51. The molecule has 1 aliphatic heterocycles. The van der Waals surface area contributed by atoms with Crippen molar-refractivity contribution in [2.75, 3.05) is 33.2 Å². The van der Waals surface area contributed by atoms with Gasteiger partial charge in [-0.05, 0) is 31.3 Å². The smallest absolute Gasteiger partial charge is 0.0497 e. The number of likely N-dealkylation sites (N-methyl/N-ethyl adjacent to an activating group) is 1. The zero-order chi connectivity index (χ0) is 15.6. The van der Waals surface area contributed by atoms with Gasteiger partial charge >= 0.3 is 0 Å². The summed E-state index contributed by atoms with van der Waals surface area (Å²) in [5.74, 6) is 1.58. The summed E-state index contributed by atoms with van der Waals surface area (Å²) in [5, 5.41) is 2.55. The molecule has 1 atom stereocenters. The van der Waals surface area contributed by atoms with Crippen LogP contribution in [0.4, 0.5) is 0 Å². The van der Waals surface area contributed by atoms with E-state index in [2.05, 4.69) is 47.2 Å². The van der Waals surface area contributed by atoms with Gasteiger partial charge in [0.1, 0.15) is 0 Å². The zero-order valence-electron chi connectivity index (χ0n) is 14.0. The van der Waals surface area contributed by atoms with Gasteiger partial charge in [0.15, 0.2) is 0 Å². The summed E-state index contributed by atoms with van der Waals surface area (Å²) in [6.45, 7) is 4.76. The second-order valence-electron chi connectivity index (χ2n) is 7.04. The quantitative estimate of drug-likeness (QED) is 0.848. The Hall–Kier alpha value is -1.45. The van der Waals surface area contributed by atoms with Crippen LogP contribution in [0.25, 0.3) is 10.8 Å². The van der Waals surface area contributed by atoms with Crippen LogP contribution in [0.2, 0.25) is 0 Å². The first-order valence-electron chi connectivity index (χ1n) is 8.95. The van der Waals surface area contributed by atoms with Crippen LogP contribution in [-0.2, 0) is 0 Å². The average molecular weight is 308 g/mol. The topological polar surface area (TPSA) is 19.4 Å². The highest BCUT2D eigenvalue weighted by atomic mass is 15.3. The molecule has 1 saturated carbocycles. The number of pyridine rings is 1. The fourth-order valence-corrected chi connectivity index (χ4v) is 4.09. The number of aromatic nitrogens is 1. The molecule has 1 radical (unpaired) electrons. The Morgan fingerprint density at radius 2 is 1.78 bits per heavy atom. The van der Waals surface area contributed by atoms with Crippen molar-refractivity contribution < 1.29 is 0 Å². The lowest BCUT2D eigenvalue weighted by atomic mass is 9.80. The Morgan fingerprint density at radius 3 is 2.61 bits per heavy atom. The van der Waals surface area contributed by atoms with Crippen molar-refractivity contribution >= 4 is 10.8 Å². The molecule has 4 rings (SSSR count). The van der Waals surface area contributed by atoms with Gasteiger partial charge in [-0.1, -0.05) is 37.1 Å². The normalized spacial score (nSPS) is 25.0. The zero-order valence-corrected chi connectivity index (χ0v) is 14.0. The van der Waals surface area contributed by atoms with Gasteiger partial charge in [-0.15, -0.1) is 0 Å². The largest absolute Gasteiger partial charge is 0.304 e. The molecule has 121 valence electrons. The second kappa shape index (κ2) is 6.58. The maximum Gasteiger partial charge on any atom is 0.0497 e. The first kappa shape index (κ1) is 15.1. The van der Waals surface area contributed by atoms with Crippen LogP contribution in [0.3, 0.4) is 0 Å². The Bertz CT molecular complexity index is 661. The SMILES string of the molecule is CN1CCN(C2CCCC[C]2c2cc3ccccc3cn2)CC1. The molecule has 1 saturated heterocycles. The molecule has 2 aromatic rings. The summed E-state index contributed by atoms with van der Waals surface area (Å²) >= 11 is 0.